The standard InChI is InChI=1S/C32H41FN2.C2H2/c1-23(2)26(5)31-27(6)35(22-28-9-11-30(33)12-10-28)18-17-34(31)16-15-32(13-7-8-14-32)29-20-24(3)19-25(4)21-29;1-2/h9-12,19-21H,1,6-8,13-18,22H2,2-5H3;1-2H/b31-26-;. The number of benzene rings is 2. The van der Waals surface area contributed by atoms with Gasteiger partial charge in [0.1, 0.15) is 5.82 Å². The van der Waals surface area contributed by atoms with Gasteiger partial charge in [-0.1, -0.05) is 73.0 Å². The van der Waals surface area contributed by atoms with Gasteiger partial charge >= 0.3 is 0 Å². The van der Waals surface area contributed by atoms with E-state index in [0.717, 1.165) is 49.4 Å². The molecule has 1 saturated carbocycles. The van der Waals surface area contributed by atoms with Crippen molar-refractivity contribution in [2.45, 2.75) is 71.8 Å². The van der Waals surface area contributed by atoms with Gasteiger partial charge in [-0.2, -0.15) is 0 Å². The number of nitrogens with zero attached hydrogens (tertiary/aromatic N) is 2. The van der Waals surface area contributed by atoms with Crippen molar-refractivity contribution in [1.29, 1.82) is 0 Å². The molecular weight excluding hydrogens is 455 g/mol. The van der Waals surface area contributed by atoms with Gasteiger partial charge < -0.3 is 9.80 Å². The summed E-state index contributed by atoms with van der Waals surface area (Å²) >= 11 is 0. The van der Waals surface area contributed by atoms with E-state index in [1.54, 1.807) is 0 Å². The van der Waals surface area contributed by atoms with Crippen LogP contribution in [0.3, 0.4) is 0 Å². The number of halogens is 1. The number of aryl methyl sites for hydroxylation is 2. The third kappa shape index (κ3) is 6.55. The van der Waals surface area contributed by atoms with Gasteiger partial charge in [0.25, 0.3) is 0 Å². The van der Waals surface area contributed by atoms with Crippen molar-refractivity contribution >= 4 is 0 Å². The van der Waals surface area contributed by atoms with Crippen LogP contribution >= 0.6 is 0 Å². The fraction of sp³-hybridized carbons (Fsp3) is 0.412. The summed E-state index contributed by atoms with van der Waals surface area (Å²) in [6.07, 6.45) is 14.4. The molecule has 1 saturated heterocycles. The summed E-state index contributed by atoms with van der Waals surface area (Å²) in [6, 6.07) is 14.0. The van der Waals surface area contributed by atoms with E-state index in [4.69, 9.17) is 0 Å². The molecule has 0 atom stereocenters. The minimum Gasteiger partial charge on any atom is -0.368 e. The summed E-state index contributed by atoms with van der Waals surface area (Å²) in [4.78, 5) is 4.89. The van der Waals surface area contributed by atoms with Gasteiger partial charge in [0, 0.05) is 26.2 Å². The van der Waals surface area contributed by atoms with E-state index in [2.05, 4.69) is 81.7 Å². The largest absolute Gasteiger partial charge is 0.368 e. The normalized spacial score (nSPS) is 18.3. The molecule has 2 aromatic carbocycles. The lowest BCUT2D eigenvalue weighted by molar-refractivity contribution is 0.197. The van der Waals surface area contributed by atoms with Crippen LogP contribution in [0.4, 0.5) is 4.39 Å². The van der Waals surface area contributed by atoms with E-state index in [1.807, 2.05) is 12.1 Å². The Morgan fingerprint density at radius 3 is 2.08 bits per heavy atom. The van der Waals surface area contributed by atoms with Gasteiger partial charge in [0.05, 0.1) is 11.4 Å². The molecule has 0 radical (unpaired) electrons. The van der Waals surface area contributed by atoms with Crippen LogP contribution in [-0.4, -0.2) is 29.4 Å². The molecule has 1 aliphatic carbocycles. The van der Waals surface area contributed by atoms with Crippen LogP contribution in [0.15, 0.2) is 78.2 Å². The first-order valence-electron chi connectivity index (χ1n) is 13.4. The zero-order chi connectivity index (χ0) is 27.2. The quantitative estimate of drug-likeness (QED) is 0.356. The summed E-state index contributed by atoms with van der Waals surface area (Å²) in [5, 5.41) is 0. The van der Waals surface area contributed by atoms with E-state index >= 15 is 0 Å². The first kappa shape index (κ1) is 28.3. The van der Waals surface area contributed by atoms with Crippen molar-refractivity contribution in [2.75, 3.05) is 19.6 Å². The molecule has 2 nitrogen and oxygen atoms in total. The minimum atomic E-state index is -0.194. The summed E-state index contributed by atoms with van der Waals surface area (Å²) < 4.78 is 13.4. The Hall–Kier alpha value is -3.25. The molecule has 0 N–H and O–H groups in total. The van der Waals surface area contributed by atoms with E-state index < -0.39 is 0 Å². The average molecular weight is 499 g/mol. The highest BCUT2D eigenvalue weighted by Crippen LogP contribution is 2.45. The Labute approximate surface area is 224 Å². The molecule has 2 fully saturated rings. The highest BCUT2D eigenvalue weighted by Gasteiger charge is 2.37. The molecule has 0 bridgehead atoms. The summed E-state index contributed by atoms with van der Waals surface area (Å²) in [5.74, 6) is -0.194. The van der Waals surface area contributed by atoms with E-state index in [1.165, 1.54) is 65.8 Å². The fourth-order valence-electron chi connectivity index (χ4n) is 6.05. The summed E-state index contributed by atoms with van der Waals surface area (Å²) in [6.45, 7) is 21.1. The van der Waals surface area contributed by atoms with Crippen LogP contribution in [0, 0.1) is 32.5 Å². The molecular formula is C34H43FN2. The monoisotopic (exact) mass is 498 g/mol. The average Bonchev–Trinajstić information content (AvgIpc) is 3.36. The third-order valence-corrected chi connectivity index (χ3v) is 8.15. The van der Waals surface area contributed by atoms with Crippen molar-refractivity contribution in [3.8, 4) is 12.8 Å². The number of piperazine rings is 1. The molecule has 37 heavy (non-hydrogen) atoms. The molecule has 1 aliphatic heterocycles. The van der Waals surface area contributed by atoms with Crippen molar-refractivity contribution in [1.82, 2.24) is 9.80 Å². The molecule has 196 valence electrons. The maximum absolute atomic E-state index is 13.4. The Kier molecular flexibility index (Phi) is 9.44. The van der Waals surface area contributed by atoms with E-state index in [0.29, 0.717) is 0 Å². The van der Waals surface area contributed by atoms with Crippen LogP contribution in [0.25, 0.3) is 0 Å². The maximum Gasteiger partial charge on any atom is 0.123 e. The van der Waals surface area contributed by atoms with Crippen LogP contribution < -0.4 is 0 Å². The predicted molar refractivity (Wildman–Crippen MR) is 156 cm³/mol. The molecule has 2 aromatic rings. The minimum absolute atomic E-state index is 0.194. The number of hydrogen-bond donors (Lipinski definition) is 0. The molecule has 0 unspecified atom stereocenters. The molecule has 1 heterocycles. The maximum atomic E-state index is 13.4. The van der Waals surface area contributed by atoms with Gasteiger partial charge in [-0.3, -0.25) is 0 Å². The lowest BCUT2D eigenvalue weighted by Gasteiger charge is -2.43. The van der Waals surface area contributed by atoms with Gasteiger partial charge in [-0.25, -0.2) is 4.39 Å². The van der Waals surface area contributed by atoms with Crippen LogP contribution in [0.1, 0.15) is 68.2 Å². The zero-order valence-electron chi connectivity index (χ0n) is 23.2. The second-order valence-corrected chi connectivity index (χ2v) is 10.8. The number of rotatable bonds is 7. The SMILES string of the molecule is C#C.C=C(C)/C(C)=C1/C(=C)N(Cc2ccc(F)cc2)CCN1CCC1(c2cc(C)cc(C)c2)CCCC1. The first-order chi connectivity index (χ1) is 17.7. The van der Waals surface area contributed by atoms with Crippen molar-refractivity contribution in [2.24, 2.45) is 0 Å². The molecule has 0 aromatic heterocycles. The Morgan fingerprint density at radius 2 is 1.51 bits per heavy atom. The van der Waals surface area contributed by atoms with E-state index in [-0.39, 0.29) is 11.2 Å². The fourth-order valence-corrected chi connectivity index (χ4v) is 6.05. The van der Waals surface area contributed by atoms with Crippen molar-refractivity contribution < 1.29 is 4.39 Å². The smallest absolute Gasteiger partial charge is 0.123 e. The molecule has 3 heteroatoms. The lowest BCUT2D eigenvalue weighted by atomic mass is 9.75. The lowest BCUT2D eigenvalue weighted by Crippen LogP contribution is -2.44. The van der Waals surface area contributed by atoms with Gasteiger partial charge in [0.15, 0.2) is 0 Å². The summed E-state index contributed by atoms with van der Waals surface area (Å²) in [5.41, 5.74) is 10.2. The number of hydrogen-bond acceptors (Lipinski definition) is 2. The molecule has 2 aliphatic rings. The van der Waals surface area contributed by atoms with Crippen LogP contribution in [0.2, 0.25) is 0 Å². The predicted octanol–water partition coefficient (Wildman–Crippen LogP) is 8.08. The second kappa shape index (κ2) is 12.3. The topological polar surface area (TPSA) is 6.48 Å². The Bertz CT molecular complexity index is 1140. The van der Waals surface area contributed by atoms with Crippen LogP contribution in [-0.2, 0) is 12.0 Å². The summed E-state index contributed by atoms with van der Waals surface area (Å²) in [7, 11) is 0. The van der Waals surface area contributed by atoms with Gasteiger partial charge in [0.2, 0.25) is 0 Å². The second-order valence-electron chi connectivity index (χ2n) is 10.8. The number of allylic oxidation sites excluding steroid dienone is 2. The first-order valence-corrected chi connectivity index (χ1v) is 13.4. The molecule has 0 amide bonds. The highest BCUT2D eigenvalue weighted by molar-refractivity contribution is 5.41. The van der Waals surface area contributed by atoms with E-state index in [9.17, 15) is 4.39 Å². The Balaban J connectivity index is 0.00000186. The van der Waals surface area contributed by atoms with Gasteiger partial charge in [-0.05, 0) is 81.2 Å². The molecule has 4 rings (SSSR count). The molecule has 0 spiro atoms. The van der Waals surface area contributed by atoms with Crippen molar-refractivity contribution in [3.63, 3.8) is 0 Å². The van der Waals surface area contributed by atoms with Crippen molar-refractivity contribution in [3.05, 3.63) is 106 Å². The third-order valence-electron chi connectivity index (χ3n) is 8.15. The van der Waals surface area contributed by atoms with Crippen LogP contribution in [0.5, 0.6) is 0 Å². The highest BCUT2D eigenvalue weighted by atomic mass is 19.1. The number of terminal acetylenes is 1. The zero-order valence-corrected chi connectivity index (χ0v) is 23.2. The Morgan fingerprint density at radius 1 is 0.946 bits per heavy atom. The van der Waals surface area contributed by atoms with Gasteiger partial charge in [-0.15, -0.1) is 12.8 Å².